The molecule has 0 aromatic heterocycles. The van der Waals surface area contributed by atoms with E-state index < -0.39 is 11.6 Å². The summed E-state index contributed by atoms with van der Waals surface area (Å²) in [6.07, 6.45) is 0.463. The molecule has 0 saturated carbocycles. The highest BCUT2D eigenvalue weighted by Crippen LogP contribution is 2.38. The SMILES string of the molecule is C[C@@H]1CS[C@@H](C)CC1(O)CC(=O)O. The van der Waals surface area contributed by atoms with Crippen LogP contribution in [0.15, 0.2) is 0 Å². The third-order valence-corrected chi connectivity index (χ3v) is 4.07. The van der Waals surface area contributed by atoms with Gasteiger partial charge >= 0.3 is 5.97 Å². The molecule has 1 unspecified atom stereocenters. The molecule has 3 atom stereocenters. The lowest BCUT2D eigenvalue weighted by Gasteiger charge is -2.39. The summed E-state index contributed by atoms with van der Waals surface area (Å²) in [6, 6.07) is 0. The molecular weight excluding hydrogens is 188 g/mol. The predicted octanol–water partition coefficient (Wildman–Crippen LogP) is 1.35. The maximum Gasteiger partial charge on any atom is 0.306 e. The summed E-state index contributed by atoms with van der Waals surface area (Å²) in [4.78, 5) is 10.6. The third kappa shape index (κ3) is 2.61. The zero-order valence-electron chi connectivity index (χ0n) is 7.99. The highest BCUT2D eigenvalue weighted by molar-refractivity contribution is 7.99. The molecule has 0 radical (unpaired) electrons. The molecule has 0 aromatic rings. The zero-order chi connectivity index (χ0) is 10.1. The molecule has 13 heavy (non-hydrogen) atoms. The Morgan fingerprint density at radius 2 is 2.23 bits per heavy atom. The average Bonchev–Trinajstić information content (AvgIpc) is 1.95. The minimum atomic E-state index is -0.990. The standard InChI is InChI=1S/C9H16O3S/c1-6-5-13-7(2)3-9(6,12)4-8(10)11/h6-7,12H,3-5H2,1-2H3,(H,10,11)/t6-,7+,9?/m1/s1. The summed E-state index contributed by atoms with van der Waals surface area (Å²) in [7, 11) is 0. The Balaban J connectivity index is 2.66. The first-order valence-corrected chi connectivity index (χ1v) is 5.55. The van der Waals surface area contributed by atoms with Crippen LogP contribution >= 0.6 is 11.8 Å². The average molecular weight is 204 g/mol. The van der Waals surface area contributed by atoms with Gasteiger partial charge in [-0.1, -0.05) is 13.8 Å². The first kappa shape index (κ1) is 10.9. The van der Waals surface area contributed by atoms with Crippen molar-refractivity contribution in [2.45, 2.75) is 37.5 Å². The van der Waals surface area contributed by atoms with Crippen LogP contribution in [-0.4, -0.2) is 32.8 Å². The van der Waals surface area contributed by atoms with Crippen LogP contribution in [0.3, 0.4) is 0 Å². The van der Waals surface area contributed by atoms with Crippen LogP contribution in [0.2, 0.25) is 0 Å². The van der Waals surface area contributed by atoms with Crippen LogP contribution in [0.1, 0.15) is 26.7 Å². The Morgan fingerprint density at radius 1 is 1.62 bits per heavy atom. The van der Waals surface area contributed by atoms with Gasteiger partial charge in [0.05, 0.1) is 12.0 Å². The maximum absolute atomic E-state index is 10.6. The van der Waals surface area contributed by atoms with Gasteiger partial charge in [0.1, 0.15) is 0 Å². The van der Waals surface area contributed by atoms with Crippen molar-refractivity contribution >= 4 is 17.7 Å². The van der Waals surface area contributed by atoms with Gasteiger partial charge in [0.2, 0.25) is 0 Å². The molecule has 0 aliphatic carbocycles. The zero-order valence-corrected chi connectivity index (χ0v) is 8.80. The fourth-order valence-corrected chi connectivity index (χ4v) is 3.06. The third-order valence-electron chi connectivity index (χ3n) is 2.65. The molecule has 76 valence electrons. The van der Waals surface area contributed by atoms with Gasteiger partial charge in [-0.3, -0.25) is 4.79 Å². The molecule has 1 rings (SSSR count). The Hall–Kier alpha value is -0.220. The number of aliphatic carboxylic acids is 1. The first-order valence-electron chi connectivity index (χ1n) is 4.50. The normalized spacial score (nSPS) is 40.2. The fourth-order valence-electron chi connectivity index (χ4n) is 1.73. The van der Waals surface area contributed by atoms with Crippen molar-refractivity contribution in [2.24, 2.45) is 5.92 Å². The first-order chi connectivity index (χ1) is 5.94. The van der Waals surface area contributed by atoms with Crippen molar-refractivity contribution in [1.29, 1.82) is 0 Å². The summed E-state index contributed by atoms with van der Waals surface area (Å²) < 4.78 is 0. The summed E-state index contributed by atoms with van der Waals surface area (Å²) in [5.74, 6) is 0.0172. The van der Waals surface area contributed by atoms with Crippen LogP contribution in [-0.2, 0) is 4.79 Å². The molecule has 3 nitrogen and oxygen atoms in total. The van der Waals surface area contributed by atoms with Crippen molar-refractivity contribution in [3.8, 4) is 0 Å². The Labute approximate surface area is 82.5 Å². The molecule has 1 heterocycles. The number of hydrogen-bond donors (Lipinski definition) is 2. The van der Waals surface area contributed by atoms with Crippen molar-refractivity contribution in [2.75, 3.05) is 5.75 Å². The van der Waals surface area contributed by atoms with E-state index >= 15 is 0 Å². The molecule has 0 amide bonds. The van der Waals surface area contributed by atoms with E-state index in [1.165, 1.54) is 0 Å². The fraction of sp³-hybridized carbons (Fsp3) is 0.889. The number of carbonyl (C=O) groups is 1. The van der Waals surface area contributed by atoms with Gasteiger partial charge in [-0.2, -0.15) is 11.8 Å². The highest BCUT2D eigenvalue weighted by Gasteiger charge is 2.40. The van der Waals surface area contributed by atoms with E-state index in [0.717, 1.165) is 5.75 Å². The Morgan fingerprint density at radius 3 is 2.77 bits per heavy atom. The van der Waals surface area contributed by atoms with Crippen molar-refractivity contribution in [3.63, 3.8) is 0 Å². The van der Waals surface area contributed by atoms with Gasteiger partial charge in [-0.05, 0) is 18.1 Å². The quantitative estimate of drug-likeness (QED) is 0.713. The molecule has 0 spiro atoms. The van der Waals surface area contributed by atoms with Crippen LogP contribution in [0.4, 0.5) is 0 Å². The van der Waals surface area contributed by atoms with E-state index in [4.69, 9.17) is 5.11 Å². The van der Waals surface area contributed by atoms with E-state index in [0.29, 0.717) is 11.7 Å². The smallest absolute Gasteiger partial charge is 0.306 e. The van der Waals surface area contributed by atoms with E-state index in [-0.39, 0.29) is 12.3 Å². The minimum Gasteiger partial charge on any atom is -0.481 e. The summed E-state index contributed by atoms with van der Waals surface area (Å²) in [5, 5.41) is 19.1. The van der Waals surface area contributed by atoms with Gasteiger partial charge in [-0.25, -0.2) is 0 Å². The van der Waals surface area contributed by atoms with Crippen LogP contribution < -0.4 is 0 Å². The summed E-state index contributed by atoms with van der Waals surface area (Å²) in [5.41, 5.74) is -0.990. The molecule has 1 saturated heterocycles. The lowest BCUT2D eigenvalue weighted by Crippen LogP contribution is -2.45. The second-order valence-electron chi connectivity index (χ2n) is 3.92. The van der Waals surface area contributed by atoms with Crippen LogP contribution in [0, 0.1) is 5.92 Å². The molecule has 1 aliphatic heterocycles. The van der Waals surface area contributed by atoms with Gasteiger partial charge in [0.15, 0.2) is 0 Å². The van der Waals surface area contributed by atoms with Gasteiger partial charge in [-0.15, -0.1) is 0 Å². The molecule has 2 N–H and O–H groups in total. The van der Waals surface area contributed by atoms with E-state index in [1.54, 1.807) is 11.8 Å². The van der Waals surface area contributed by atoms with Gasteiger partial charge in [0, 0.05) is 5.25 Å². The highest BCUT2D eigenvalue weighted by atomic mass is 32.2. The number of carboxylic acids is 1. The van der Waals surface area contributed by atoms with Crippen molar-refractivity contribution in [3.05, 3.63) is 0 Å². The lowest BCUT2D eigenvalue weighted by atomic mass is 9.82. The number of aliphatic hydroxyl groups is 1. The molecule has 1 fully saturated rings. The molecule has 0 bridgehead atoms. The van der Waals surface area contributed by atoms with Crippen molar-refractivity contribution < 1.29 is 15.0 Å². The predicted molar refractivity (Wildman–Crippen MR) is 52.9 cm³/mol. The van der Waals surface area contributed by atoms with Crippen LogP contribution in [0.25, 0.3) is 0 Å². The molecular formula is C9H16O3S. The number of hydrogen-bond acceptors (Lipinski definition) is 3. The monoisotopic (exact) mass is 204 g/mol. The second kappa shape index (κ2) is 3.88. The molecule has 1 aliphatic rings. The number of carboxylic acid groups (broad SMARTS) is 1. The lowest BCUT2D eigenvalue weighted by molar-refractivity contribution is -0.145. The van der Waals surface area contributed by atoms with E-state index in [9.17, 15) is 9.90 Å². The minimum absolute atomic E-state index is 0.0739. The summed E-state index contributed by atoms with van der Waals surface area (Å²) >= 11 is 1.80. The number of rotatable bonds is 2. The van der Waals surface area contributed by atoms with E-state index in [2.05, 4.69) is 0 Å². The largest absolute Gasteiger partial charge is 0.481 e. The number of thioether (sulfide) groups is 1. The van der Waals surface area contributed by atoms with E-state index in [1.807, 2.05) is 13.8 Å². The van der Waals surface area contributed by atoms with Gasteiger partial charge < -0.3 is 10.2 Å². The molecule has 4 heteroatoms. The Kier molecular flexibility index (Phi) is 3.24. The maximum atomic E-state index is 10.6. The second-order valence-corrected chi connectivity index (χ2v) is 5.39. The Bertz CT molecular complexity index is 207. The van der Waals surface area contributed by atoms with Gasteiger partial charge in [0.25, 0.3) is 0 Å². The summed E-state index contributed by atoms with van der Waals surface area (Å²) in [6.45, 7) is 3.95. The van der Waals surface area contributed by atoms with Crippen molar-refractivity contribution in [1.82, 2.24) is 0 Å². The topological polar surface area (TPSA) is 57.5 Å². The molecule has 0 aromatic carbocycles. The van der Waals surface area contributed by atoms with Crippen LogP contribution in [0.5, 0.6) is 0 Å².